The maximum atomic E-state index is 12.1. The minimum atomic E-state index is -0.273. The van der Waals surface area contributed by atoms with Gasteiger partial charge in [-0.05, 0) is 49.2 Å². The maximum Gasteiger partial charge on any atom is 0.271 e. The minimum Gasteiger partial charge on any atom is -0.494 e. The molecule has 0 fully saturated rings. The first-order valence-electron chi connectivity index (χ1n) is 8.52. The number of amides is 1. The summed E-state index contributed by atoms with van der Waals surface area (Å²) in [7, 11) is 0. The maximum absolute atomic E-state index is 12.1. The summed E-state index contributed by atoms with van der Waals surface area (Å²) in [6, 6.07) is 14.6. The van der Waals surface area contributed by atoms with Crippen LogP contribution in [0.1, 0.15) is 42.6 Å². The van der Waals surface area contributed by atoms with E-state index in [9.17, 15) is 4.79 Å². The molecule has 132 valence electrons. The summed E-state index contributed by atoms with van der Waals surface area (Å²) in [4.78, 5) is 12.1. The predicted octanol–water partition coefficient (Wildman–Crippen LogP) is 4.03. The molecular weight excluding hydrogens is 316 g/mol. The smallest absolute Gasteiger partial charge is 0.271 e. The number of hydrogen-bond acceptors (Lipinski definition) is 4. The number of ether oxygens (including phenoxy) is 2. The Balaban J connectivity index is 1.94. The average Bonchev–Trinajstić information content (AvgIpc) is 2.66. The molecule has 2 aromatic rings. The third kappa shape index (κ3) is 5.95. The lowest BCUT2D eigenvalue weighted by Gasteiger charge is -2.07. The standard InChI is InChI=1S/C20H24N2O3/c1-3-13-24-18-11-9-16(10-12-18)20(23)22-21-15-17-7-5-6-8-19(17)25-14-4-2/h5-12,15H,3-4,13-14H2,1-2H3,(H,22,23)/b21-15-. The zero-order valence-electron chi connectivity index (χ0n) is 14.7. The van der Waals surface area contributed by atoms with Gasteiger partial charge in [0.2, 0.25) is 0 Å². The molecular formula is C20H24N2O3. The van der Waals surface area contributed by atoms with E-state index in [0.29, 0.717) is 18.8 Å². The van der Waals surface area contributed by atoms with Crippen LogP contribution in [0.2, 0.25) is 0 Å². The van der Waals surface area contributed by atoms with E-state index in [4.69, 9.17) is 9.47 Å². The number of carbonyl (C=O) groups excluding carboxylic acids is 1. The van der Waals surface area contributed by atoms with Crippen molar-refractivity contribution in [1.29, 1.82) is 0 Å². The van der Waals surface area contributed by atoms with E-state index in [1.54, 1.807) is 30.5 Å². The molecule has 0 aliphatic heterocycles. The predicted molar refractivity (Wildman–Crippen MR) is 99.5 cm³/mol. The van der Waals surface area contributed by atoms with Crippen LogP contribution in [0.3, 0.4) is 0 Å². The number of nitrogens with zero attached hydrogens (tertiary/aromatic N) is 1. The molecule has 5 heteroatoms. The third-order valence-electron chi connectivity index (χ3n) is 3.34. The third-order valence-corrected chi connectivity index (χ3v) is 3.34. The van der Waals surface area contributed by atoms with Gasteiger partial charge >= 0.3 is 0 Å². The van der Waals surface area contributed by atoms with Gasteiger partial charge in [-0.3, -0.25) is 4.79 Å². The lowest BCUT2D eigenvalue weighted by atomic mass is 10.2. The highest BCUT2D eigenvalue weighted by Gasteiger charge is 2.05. The highest BCUT2D eigenvalue weighted by Crippen LogP contribution is 2.16. The van der Waals surface area contributed by atoms with Crippen LogP contribution >= 0.6 is 0 Å². The van der Waals surface area contributed by atoms with E-state index < -0.39 is 0 Å². The monoisotopic (exact) mass is 340 g/mol. The molecule has 0 aromatic heterocycles. The van der Waals surface area contributed by atoms with Crippen molar-refractivity contribution in [2.75, 3.05) is 13.2 Å². The summed E-state index contributed by atoms with van der Waals surface area (Å²) in [5, 5.41) is 4.02. The van der Waals surface area contributed by atoms with Crippen molar-refractivity contribution in [1.82, 2.24) is 5.43 Å². The Bertz CT molecular complexity index is 696. The zero-order chi connectivity index (χ0) is 17.9. The number of hydrazone groups is 1. The molecule has 0 saturated heterocycles. The van der Waals surface area contributed by atoms with Gasteiger partial charge in [-0.15, -0.1) is 0 Å². The van der Waals surface area contributed by atoms with Crippen molar-refractivity contribution >= 4 is 12.1 Å². The van der Waals surface area contributed by atoms with E-state index in [-0.39, 0.29) is 5.91 Å². The molecule has 0 spiro atoms. The summed E-state index contributed by atoms with van der Waals surface area (Å²) < 4.78 is 11.2. The van der Waals surface area contributed by atoms with Crippen molar-refractivity contribution < 1.29 is 14.3 Å². The van der Waals surface area contributed by atoms with Crippen LogP contribution in [-0.2, 0) is 0 Å². The van der Waals surface area contributed by atoms with E-state index in [0.717, 1.165) is 29.9 Å². The highest BCUT2D eigenvalue weighted by atomic mass is 16.5. The Hall–Kier alpha value is -2.82. The Morgan fingerprint density at radius 2 is 1.68 bits per heavy atom. The first-order valence-corrected chi connectivity index (χ1v) is 8.52. The van der Waals surface area contributed by atoms with Crippen LogP contribution in [0.25, 0.3) is 0 Å². The van der Waals surface area contributed by atoms with Gasteiger partial charge in [0.1, 0.15) is 11.5 Å². The normalized spacial score (nSPS) is 10.6. The number of rotatable bonds is 9. The van der Waals surface area contributed by atoms with Crippen LogP contribution in [0.15, 0.2) is 53.6 Å². The molecule has 2 rings (SSSR count). The summed E-state index contributed by atoms with van der Waals surface area (Å²) in [5.41, 5.74) is 3.87. The molecule has 0 atom stereocenters. The first kappa shape index (κ1) is 18.5. The number of hydrogen-bond donors (Lipinski definition) is 1. The SMILES string of the molecule is CCCOc1ccc(C(=O)N/N=C\c2ccccc2OCCC)cc1. The number of benzene rings is 2. The molecule has 0 unspecified atom stereocenters. The van der Waals surface area contributed by atoms with Gasteiger partial charge in [-0.2, -0.15) is 5.10 Å². The number of nitrogens with one attached hydrogen (secondary N) is 1. The Kier molecular flexibility index (Phi) is 7.50. The van der Waals surface area contributed by atoms with Gasteiger partial charge in [0.05, 0.1) is 19.4 Å². The highest BCUT2D eigenvalue weighted by molar-refractivity contribution is 5.95. The van der Waals surface area contributed by atoms with E-state index in [1.807, 2.05) is 31.2 Å². The van der Waals surface area contributed by atoms with Gasteiger partial charge in [-0.25, -0.2) is 5.43 Å². The molecule has 0 radical (unpaired) electrons. The van der Waals surface area contributed by atoms with Crippen LogP contribution in [0.4, 0.5) is 0 Å². The molecule has 0 aliphatic rings. The fourth-order valence-corrected chi connectivity index (χ4v) is 2.08. The fraction of sp³-hybridized carbons (Fsp3) is 0.300. The Morgan fingerprint density at radius 1 is 1.00 bits per heavy atom. The lowest BCUT2D eigenvalue weighted by molar-refractivity contribution is 0.0955. The zero-order valence-corrected chi connectivity index (χ0v) is 14.7. The fourth-order valence-electron chi connectivity index (χ4n) is 2.08. The summed E-state index contributed by atoms with van der Waals surface area (Å²) in [6.45, 7) is 5.40. The number of para-hydroxylation sites is 1. The lowest BCUT2D eigenvalue weighted by Crippen LogP contribution is -2.17. The van der Waals surface area contributed by atoms with Crippen LogP contribution in [0, 0.1) is 0 Å². The van der Waals surface area contributed by atoms with Crippen molar-refractivity contribution in [3.05, 3.63) is 59.7 Å². The van der Waals surface area contributed by atoms with Crippen LogP contribution < -0.4 is 14.9 Å². The summed E-state index contributed by atoms with van der Waals surface area (Å²) >= 11 is 0. The molecule has 25 heavy (non-hydrogen) atoms. The van der Waals surface area contributed by atoms with Crippen molar-refractivity contribution in [2.45, 2.75) is 26.7 Å². The molecule has 0 bridgehead atoms. The van der Waals surface area contributed by atoms with Gasteiger partial charge in [0.15, 0.2) is 0 Å². The molecule has 0 heterocycles. The average molecular weight is 340 g/mol. The van der Waals surface area contributed by atoms with Gasteiger partial charge < -0.3 is 9.47 Å². The molecule has 2 aromatic carbocycles. The molecule has 0 saturated carbocycles. The van der Waals surface area contributed by atoms with Gasteiger partial charge in [-0.1, -0.05) is 26.0 Å². The largest absolute Gasteiger partial charge is 0.494 e. The minimum absolute atomic E-state index is 0.273. The van der Waals surface area contributed by atoms with Crippen LogP contribution in [-0.4, -0.2) is 25.3 Å². The second-order valence-electron chi connectivity index (χ2n) is 5.46. The van der Waals surface area contributed by atoms with E-state index in [1.165, 1.54) is 0 Å². The van der Waals surface area contributed by atoms with Gasteiger partial charge in [0, 0.05) is 11.1 Å². The topological polar surface area (TPSA) is 59.9 Å². The Morgan fingerprint density at radius 3 is 2.40 bits per heavy atom. The molecule has 0 aliphatic carbocycles. The van der Waals surface area contributed by atoms with E-state index >= 15 is 0 Å². The second-order valence-corrected chi connectivity index (χ2v) is 5.46. The van der Waals surface area contributed by atoms with E-state index in [2.05, 4.69) is 17.5 Å². The quantitative estimate of drug-likeness (QED) is 0.554. The summed E-state index contributed by atoms with van der Waals surface area (Å²) in [6.07, 6.45) is 3.46. The first-order chi connectivity index (χ1) is 12.2. The molecule has 5 nitrogen and oxygen atoms in total. The van der Waals surface area contributed by atoms with Crippen molar-refractivity contribution in [3.8, 4) is 11.5 Å². The van der Waals surface area contributed by atoms with Crippen molar-refractivity contribution in [3.63, 3.8) is 0 Å². The summed E-state index contributed by atoms with van der Waals surface area (Å²) in [5.74, 6) is 1.23. The molecule has 1 amide bonds. The second kappa shape index (κ2) is 10.1. The van der Waals surface area contributed by atoms with Crippen LogP contribution in [0.5, 0.6) is 11.5 Å². The van der Waals surface area contributed by atoms with Crippen molar-refractivity contribution in [2.24, 2.45) is 5.10 Å². The van der Waals surface area contributed by atoms with Gasteiger partial charge in [0.25, 0.3) is 5.91 Å². The Labute approximate surface area is 148 Å². The number of carbonyl (C=O) groups is 1. The molecule has 1 N–H and O–H groups in total.